The molecule has 2 saturated heterocycles. The van der Waals surface area contributed by atoms with Crippen LogP contribution in [0, 0.1) is 0 Å². The van der Waals surface area contributed by atoms with E-state index in [1.54, 1.807) is 24.0 Å². The van der Waals surface area contributed by atoms with E-state index in [4.69, 9.17) is 9.47 Å². The molecule has 2 N–H and O–H groups in total. The number of carbonyl (C=O) groups excluding carboxylic acids is 1. The molecule has 0 saturated carbocycles. The van der Waals surface area contributed by atoms with Crippen molar-refractivity contribution >= 4 is 24.4 Å². The van der Waals surface area contributed by atoms with E-state index in [1.807, 2.05) is 0 Å². The van der Waals surface area contributed by atoms with E-state index in [0.29, 0.717) is 23.7 Å². The molecule has 0 aliphatic carbocycles. The minimum atomic E-state index is -0.0480. The zero-order valence-corrected chi connectivity index (χ0v) is 17.7. The molecule has 10 heteroatoms. The van der Waals surface area contributed by atoms with E-state index in [0.717, 1.165) is 37.5 Å². The summed E-state index contributed by atoms with van der Waals surface area (Å²) in [5, 5.41) is 5.95. The van der Waals surface area contributed by atoms with Crippen LogP contribution in [-0.2, 0) is 4.79 Å². The van der Waals surface area contributed by atoms with Crippen molar-refractivity contribution in [1.29, 1.82) is 0 Å². The molecule has 0 radical (unpaired) electrons. The van der Waals surface area contributed by atoms with Crippen molar-refractivity contribution in [2.24, 2.45) is 4.99 Å². The Balaban J connectivity index is 1.51. The molecule has 2 aliphatic rings. The van der Waals surface area contributed by atoms with Gasteiger partial charge < -0.3 is 20.1 Å². The molecule has 2 aliphatic heterocycles. The smallest absolute Gasteiger partial charge is 0.220 e. The maximum atomic E-state index is 11.1. The molecule has 2 unspecified atom stereocenters. The Hall–Kier alpha value is -2.17. The zero-order chi connectivity index (χ0) is 20.6. The standard InChI is InChI=1S/C19H28N6O3S/c1-13-4-15(9-25(13)10-17(8-20-3)29-12-24-14(2)26)27-18-5-19(23-11-22-18)28-16-6-21-7-16/h5,8,11,13,15-16,21H,3-4,6-7,9-10,12H2,1-2H3,(H,24,26)/b17-8-. The average Bonchev–Trinajstić information content (AvgIpc) is 2.97. The fraction of sp³-hybridized carbons (Fsp3) is 0.579. The van der Waals surface area contributed by atoms with Crippen LogP contribution < -0.4 is 20.1 Å². The van der Waals surface area contributed by atoms with E-state index >= 15 is 0 Å². The topological polar surface area (TPSA) is 101 Å². The number of thioether (sulfide) groups is 1. The van der Waals surface area contributed by atoms with Crippen LogP contribution >= 0.6 is 11.8 Å². The molecule has 2 atom stereocenters. The van der Waals surface area contributed by atoms with Crippen molar-refractivity contribution in [2.45, 2.75) is 38.5 Å². The summed E-state index contributed by atoms with van der Waals surface area (Å²) >= 11 is 1.55. The van der Waals surface area contributed by atoms with Gasteiger partial charge in [0, 0.05) is 56.7 Å². The summed E-state index contributed by atoms with van der Waals surface area (Å²) in [6.07, 6.45) is 4.33. The number of ether oxygens (including phenoxy) is 2. The van der Waals surface area contributed by atoms with Crippen LogP contribution in [0.3, 0.4) is 0 Å². The Morgan fingerprint density at radius 1 is 1.41 bits per heavy atom. The van der Waals surface area contributed by atoms with Crippen molar-refractivity contribution in [3.63, 3.8) is 0 Å². The molecule has 3 rings (SSSR count). The van der Waals surface area contributed by atoms with Gasteiger partial charge in [0.15, 0.2) is 0 Å². The van der Waals surface area contributed by atoms with E-state index in [1.165, 1.54) is 13.3 Å². The summed E-state index contributed by atoms with van der Waals surface area (Å²) in [5.74, 6) is 1.54. The van der Waals surface area contributed by atoms with Gasteiger partial charge in [-0.3, -0.25) is 14.7 Å². The van der Waals surface area contributed by atoms with Crippen molar-refractivity contribution < 1.29 is 14.3 Å². The molecule has 3 heterocycles. The highest BCUT2D eigenvalue weighted by atomic mass is 32.2. The highest BCUT2D eigenvalue weighted by molar-refractivity contribution is 8.03. The van der Waals surface area contributed by atoms with Gasteiger partial charge in [0.05, 0.1) is 11.9 Å². The first-order chi connectivity index (χ1) is 14.0. The Labute approximate surface area is 175 Å². The lowest BCUT2D eigenvalue weighted by molar-refractivity contribution is -0.118. The SMILES string of the molecule is C=N/C=C(/CN1CC(Oc2cc(OC3CNC3)ncn2)CC1C)SCNC(C)=O. The molecule has 158 valence electrons. The van der Waals surface area contributed by atoms with Crippen LogP contribution in [0.2, 0.25) is 0 Å². The number of hydrogen-bond donors (Lipinski definition) is 2. The predicted molar refractivity (Wildman–Crippen MR) is 113 cm³/mol. The first-order valence-electron chi connectivity index (χ1n) is 9.65. The van der Waals surface area contributed by atoms with Crippen LogP contribution in [0.4, 0.5) is 0 Å². The first-order valence-corrected chi connectivity index (χ1v) is 10.6. The molecule has 9 nitrogen and oxygen atoms in total. The Bertz CT molecular complexity index is 742. The van der Waals surface area contributed by atoms with Crippen LogP contribution in [0.5, 0.6) is 11.8 Å². The minimum Gasteiger partial charge on any atom is -0.473 e. The van der Waals surface area contributed by atoms with Gasteiger partial charge in [-0.25, -0.2) is 9.97 Å². The predicted octanol–water partition coefficient (Wildman–Crippen LogP) is 1.04. The number of aromatic nitrogens is 2. The fourth-order valence-electron chi connectivity index (χ4n) is 3.15. The van der Waals surface area contributed by atoms with Gasteiger partial charge in [0.2, 0.25) is 17.7 Å². The molecule has 1 aromatic heterocycles. The van der Waals surface area contributed by atoms with Gasteiger partial charge in [-0.05, 0) is 13.6 Å². The largest absolute Gasteiger partial charge is 0.473 e. The fourth-order valence-corrected chi connectivity index (χ4v) is 4.01. The number of hydrogen-bond acceptors (Lipinski definition) is 9. The molecule has 0 spiro atoms. The van der Waals surface area contributed by atoms with Crippen LogP contribution in [0.15, 0.2) is 28.5 Å². The molecular weight excluding hydrogens is 392 g/mol. The summed E-state index contributed by atoms with van der Waals surface area (Å²) < 4.78 is 11.9. The number of carbonyl (C=O) groups is 1. The van der Waals surface area contributed by atoms with Crippen molar-refractivity contribution in [3.8, 4) is 11.8 Å². The third-order valence-electron chi connectivity index (χ3n) is 4.77. The molecular formula is C19H28N6O3S. The summed E-state index contributed by atoms with van der Waals surface area (Å²) in [7, 11) is 0. The second-order valence-electron chi connectivity index (χ2n) is 7.15. The Kier molecular flexibility index (Phi) is 7.84. The number of aliphatic imine (C=N–C) groups is 1. The third-order valence-corrected chi connectivity index (χ3v) is 5.67. The number of likely N-dealkylation sites (tertiary alicyclic amines) is 1. The highest BCUT2D eigenvalue weighted by Gasteiger charge is 2.31. The monoisotopic (exact) mass is 420 g/mol. The average molecular weight is 421 g/mol. The summed E-state index contributed by atoms with van der Waals surface area (Å²) in [4.78, 5) is 26.7. The lowest BCUT2D eigenvalue weighted by Crippen LogP contribution is -2.50. The zero-order valence-electron chi connectivity index (χ0n) is 16.8. The lowest BCUT2D eigenvalue weighted by Gasteiger charge is -2.27. The number of nitrogens with one attached hydrogen (secondary N) is 2. The lowest BCUT2D eigenvalue weighted by atomic mass is 10.2. The van der Waals surface area contributed by atoms with Gasteiger partial charge in [-0.2, -0.15) is 0 Å². The highest BCUT2D eigenvalue weighted by Crippen LogP contribution is 2.26. The molecule has 29 heavy (non-hydrogen) atoms. The van der Waals surface area contributed by atoms with Gasteiger partial charge in [-0.15, -0.1) is 11.8 Å². The maximum Gasteiger partial charge on any atom is 0.220 e. The van der Waals surface area contributed by atoms with Crippen molar-refractivity contribution in [1.82, 2.24) is 25.5 Å². The van der Waals surface area contributed by atoms with E-state index in [-0.39, 0.29) is 18.1 Å². The van der Waals surface area contributed by atoms with Gasteiger partial charge in [0.25, 0.3) is 0 Å². The van der Waals surface area contributed by atoms with Gasteiger partial charge in [-0.1, -0.05) is 0 Å². The quantitative estimate of drug-likeness (QED) is 0.428. The molecule has 0 aromatic carbocycles. The van der Waals surface area contributed by atoms with Crippen LogP contribution in [-0.4, -0.2) is 77.8 Å². The number of rotatable bonds is 10. The number of amides is 1. The molecule has 1 amide bonds. The minimum absolute atomic E-state index is 0.0383. The van der Waals surface area contributed by atoms with Crippen LogP contribution in [0.25, 0.3) is 0 Å². The molecule has 1 aromatic rings. The van der Waals surface area contributed by atoms with Gasteiger partial charge >= 0.3 is 0 Å². The Morgan fingerprint density at radius 2 is 2.14 bits per heavy atom. The summed E-state index contributed by atoms with van der Waals surface area (Å²) in [5.41, 5.74) is 0. The van der Waals surface area contributed by atoms with Crippen molar-refractivity contribution in [3.05, 3.63) is 23.5 Å². The normalized spacial score (nSPS) is 22.8. The second-order valence-corrected chi connectivity index (χ2v) is 8.25. The van der Waals surface area contributed by atoms with E-state index in [9.17, 15) is 4.79 Å². The Morgan fingerprint density at radius 3 is 2.76 bits per heavy atom. The summed E-state index contributed by atoms with van der Waals surface area (Å²) in [6, 6.07) is 2.11. The molecule has 2 fully saturated rings. The van der Waals surface area contributed by atoms with Crippen molar-refractivity contribution in [2.75, 3.05) is 32.1 Å². The van der Waals surface area contributed by atoms with Gasteiger partial charge in [0.1, 0.15) is 18.5 Å². The third kappa shape index (κ3) is 6.69. The molecule has 0 bridgehead atoms. The maximum absolute atomic E-state index is 11.1. The second kappa shape index (κ2) is 10.6. The number of nitrogens with zero attached hydrogens (tertiary/aromatic N) is 4. The van der Waals surface area contributed by atoms with E-state index in [2.05, 4.69) is 44.1 Å². The van der Waals surface area contributed by atoms with E-state index < -0.39 is 0 Å². The van der Waals surface area contributed by atoms with Crippen LogP contribution in [0.1, 0.15) is 20.3 Å². The first kappa shape index (κ1) is 21.5. The summed E-state index contributed by atoms with van der Waals surface area (Å²) in [6.45, 7) is 10.4.